The lowest BCUT2D eigenvalue weighted by atomic mass is 9.91. The summed E-state index contributed by atoms with van der Waals surface area (Å²) >= 11 is 0. The Kier molecular flexibility index (Phi) is 3.74. The lowest BCUT2D eigenvalue weighted by molar-refractivity contribution is -0.151. The van der Waals surface area contributed by atoms with E-state index in [1.165, 1.54) is 0 Å². The third kappa shape index (κ3) is 2.82. The highest BCUT2D eigenvalue weighted by atomic mass is 16.5. The predicted octanol–water partition coefficient (Wildman–Crippen LogP) is 1.22. The van der Waals surface area contributed by atoms with Gasteiger partial charge in [0.2, 0.25) is 0 Å². The summed E-state index contributed by atoms with van der Waals surface area (Å²) in [5.41, 5.74) is 1.85. The maximum absolute atomic E-state index is 11.3. The minimum Gasteiger partial charge on any atom is -0.481 e. The van der Waals surface area contributed by atoms with Crippen molar-refractivity contribution in [2.24, 2.45) is 13.0 Å². The standard InChI is InChI=1S/C14H18N4O3/c1-17-9-15-6-11(17)8-18-7-10(5-16-18)13-12(14(19)20)3-2-4-21-13/h5-7,9,12-13H,2-4,8H2,1H3,(H,19,20)/t12-,13+/m1/s1. The summed E-state index contributed by atoms with van der Waals surface area (Å²) < 4.78 is 9.37. The van der Waals surface area contributed by atoms with Gasteiger partial charge in [0.05, 0.1) is 43.0 Å². The van der Waals surface area contributed by atoms with Crippen LogP contribution in [0.15, 0.2) is 24.9 Å². The summed E-state index contributed by atoms with van der Waals surface area (Å²) in [6, 6.07) is 0. The molecular weight excluding hydrogens is 272 g/mol. The van der Waals surface area contributed by atoms with Crippen LogP contribution in [0.4, 0.5) is 0 Å². The van der Waals surface area contributed by atoms with Gasteiger partial charge in [-0.2, -0.15) is 5.10 Å². The number of rotatable bonds is 4. The fourth-order valence-electron chi connectivity index (χ4n) is 2.68. The molecule has 0 aromatic carbocycles. The Balaban J connectivity index is 1.77. The number of aliphatic carboxylic acids is 1. The number of carbonyl (C=O) groups is 1. The van der Waals surface area contributed by atoms with E-state index in [9.17, 15) is 9.90 Å². The highest BCUT2D eigenvalue weighted by Crippen LogP contribution is 2.33. The van der Waals surface area contributed by atoms with Crippen molar-refractivity contribution in [1.29, 1.82) is 0 Å². The molecule has 112 valence electrons. The molecule has 7 nitrogen and oxygen atoms in total. The first-order valence-corrected chi connectivity index (χ1v) is 6.97. The van der Waals surface area contributed by atoms with Crippen molar-refractivity contribution in [3.63, 3.8) is 0 Å². The normalized spacial score (nSPS) is 22.3. The van der Waals surface area contributed by atoms with E-state index in [1.54, 1.807) is 23.4 Å². The van der Waals surface area contributed by atoms with Crippen LogP contribution < -0.4 is 0 Å². The van der Waals surface area contributed by atoms with E-state index in [4.69, 9.17) is 4.74 Å². The fraction of sp³-hybridized carbons (Fsp3) is 0.500. The van der Waals surface area contributed by atoms with E-state index in [0.29, 0.717) is 19.6 Å². The van der Waals surface area contributed by atoms with E-state index in [1.807, 2.05) is 17.8 Å². The van der Waals surface area contributed by atoms with Crippen LogP contribution in [-0.2, 0) is 23.1 Å². The van der Waals surface area contributed by atoms with Crippen molar-refractivity contribution in [1.82, 2.24) is 19.3 Å². The zero-order valence-electron chi connectivity index (χ0n) is 11.8. The predicted molar refractivity (Wildman–Crippen MR) is 73.6 cm³/mol. The van der Waals surface area contributed by atoms with E-state index >= 15 is 0 Å². The molecule has 0 aliphatic carbocycles. The van der Waals surface area contributed by atoms with Gasteiger partial charge in [0.15, 0.2) is 0 Å². The maximum atomic E-state index is 11.3. The Bertz CT molecular complexity index is 634. The Morgan fingerprint density at radius 1 is 1.52 bits per heavy atom. The summed E-state index contributed by atoms with van der Waals surface area (Å²) in [4.78, 5) is 15.4. The third-order valence-electron chi connectivity index (χ3n) is 3.86. The Morgan fingerprint density at radius 2 is 2.38 bits per heavy atom. The van der Waals surface area contributed by atoms with Crippen LogP contribution in [0.2, 0.25) is 0 Å². The first-order valence-electron chi connectivity index (χ1n) is 6.97. The van der Waals surface area contributed by atoms with E-state index in [-0.39, 0.29) is 0 Å². The maximum Gasteiger partial charge on any atom is 0.309 e. The summed E-state index contributed by atoms with van der Waals surface area (Å²) in [5, 5.41) is 13.6. The minimum absolute atomic E-state index is 0.406. The molecule has 2 aromatic heterocycles. The zero-order chi connectivity index (χ0) is 14.8. The van der Waals surface area contributed by atoms with Gasteiger partial charge in [-0.15, -0.1) is 0 Å². The first-order chi connectivity index (χ1) is 10.1. The molecule has 3 heterocycles. The van der Waals surface area contributed by atoms with Gasteiger partial charge in [-0.3, -0.25) is 9.48 Å². The number of carboxylic acids is 1. The highest BCUT2D eigenvalue weighted by molar-refractivity contribution is 5.71. The lowest BCUT2D eigenvalue weighted by Crippen LogP contribution is -2.28. The molecule has 2 atom stereocenters. The van der Waals surface area contributed by atoms with Crippen LogP contribution in [-0.4, -0.2) is 37.0 Å². The molecule has 0 radical (unpaired) electrons. The van der Waals surface area contributed by atoms with Crippen molar-refractivity contribution in [2.45, 2.75) is 25.5 Å². The van der Waals surface area contributed by atoms with Gasteiger partial charge in [-0.05, 0) is 12.8 Å². The second-order valence-electron chi connectivity index (χ2n) is 5.35. The lowest BCUT2D eigenvalue weighted by Gasteiger charge is -2.28. The number of imidazole rings is 1. The molecule has 3 rings (SSSR count). The molecule has 1 fully saturated rings. The largest absolute Gasteiger partial charge is 0.481 e. The number of aryl methyl sites for hydroxylation is 1. The number of ether oxygens (including phenoxy) is 1. The average Bonchev–Trinajstić information content (AvgIpc) is 3.09. The molecule has 21 heavy (non-hydrogen) atoms. The highest BCUT2D eigenvalue weighted by Gasteiger charge is 2.33. The smallest absolute Gasteiger partial charge is 0.309 e. The van der Waals surface area contributed by atoms with Gasteiger partial charge < -0.3 is 14.4 Å². The second kappa shape index (κ2) is 5.69. The van der Waals surface area contributed by atoms with Gasteiger partial charge in [0.1, 0.15) is 0 Å². The quantitative estimate of drug-likeness (QED) is 0.915. The van der Waals surface area contributed by atoms with Crippen LogP contribution in [0.25, 0.3) is 0 Å². The number of hydrogen-bond acceptors (Lipinski definition) is 4. The molecular formula is C14H18N4O3. The molecule has 1 aliphatic rings. The van der Waals surface area contributed by atoms with E-state index in [0.717, 1.165) is 17.7 Å². The van der Waals surface area contributed by atoms with Crippen molar-refractivity contribution >= 4 is 5.97 Å². The van der Waals surface area contributed by atoms with Crippen molar-refractivity contribution in [3.05, 3.63) is 36.2 Å². The van der Waals surface area contributed by atoms with Gasteiger partial charge >= 0.3 is 5.97 Å². The van der Waals surface area contributed by atoms with Crippen LogP contribution in [0.1, 0.15) is 30.2 Å². The summed E-state index contributed by atoms with van der Waals surface area (Å²) in [6.07, 6.45) is 8.12. The topological polar surface area (TPSA) is 82.2 Å². The number of aromatic nitrogens is 4. The Labute approximate surface area is 122 Å². The van der Waals surface area contributed by atoms with Gasteiger partial charge in [-0.1, -0.05) is 0 Å². The van der Waals surface area contributed by atoms with Gasteiger partial charge in [0.25, 0.3) is 0 Å². The zero-order valence-corrected chi connectivity index (χ0v) is 11.8. The number of carboxylic acid groups (broad SMARTS) is 1. The number of nitrogens with zero attached hydrogens (tertiary/aromatic N) is 4. The van der Waals surface area contributed by atoms with Crippen LogP contribution in [0, 0.1) is 5.92 Å². The van der Waals surface area contributed by atoms with Crippen LogP contribution in [0.5, 0.6) is 0 Å². The molecule has 0 unspecified atom stereocenters. The van der Waals surface area contributed by atoms with Crippen molar-refractivity contribution < 1.29 is 14.6 Å². The van der Waals surface area contributed by atoms with Gasteiger partial charge in [0, 0.05) is 25.4 Å². The molecule has 1 N–H and O–H groups in total. The average molecular weight is 290 g/mol. The summed E-state index contributed by atoms with van der Waals surface area (Å²) in [6.45, 7) is 1.20. The SMILES string of the molecule is Cn1cncc1Cn1cc([C@@H]2OCCC[C@H]2C(=O)O)cn1. The molecule has 7 heteroatoms. The molecule has 0 bridgehead atoms. The Morgan fingerprint density at radius 3 is 3.10 bits per heavy atom. The molecule has 0 amide bonds. The van der Waals surface area contributed by atoms with Gasteiger partial charge in [-0.25, -0.2) is 4.98 Å². The second-order valence-corrected chi connectivity index (χ2v) is 5.35. The third-order valence-corrected chi connectivity index (χ3v) is 3.86. The fourth-order valence-corrected chi connectivity index (χ4v) is 2.68. The van der Waals surface area contributed by atoms with Crippen LogP contribution in [0.3, 0.4) is 0 Å². The minimum atomic E-state index is -0.806. The van der Waals surface area contributed by atoms with E-state index in [2.05, 4.69) is 10.1 Å². The monoisotopic (exact) mass is 290 g/mol. The molecule has 2 aromatic rings. The van der Waals surface area contributed by atoms with E-state index < -0.39 is 18.0 Å². The first kappa shape index (κ1) is 13.8. The van der Waals surface area contributed by atoms with Crippen molar-refractivity contribution in [2.75, 3.05) is 6.61 Å². The molecule has 1 saturated heterocycles. The van der Waals surface area contributed by atoms with Crippen LogP contribution >= 0.6 is 0 Å². The van der Waals surface area contributed by atoms with Crippen molar-refractivity contribution in [3.8, 4) is 0 Å². The molecule has 0 spiro atoms. The molecule has 1 aliphatic heterocycles. The summed E-state index contributed by atoms with van der Waals surface area (Å²) in [5.74, 6) is -1.30. The number of hydrogen-bond donors (Lipinski definition) is 1. The summed E-state index contributed by atoms with van der Waals surface area (Å²) in [7, 11) is 1.93. The molecule has 0 saturated carbocycles. The Hall–Kier alpha value is -2.15.